The van der Waals surface area contributed by atoms with Crippen molar-refractivity contribution in [2.24, 2.45) is 0 Å². The van der Waals surface area contributed by atoms with Gasteiger partial charge in [0.05, 0.1) is 7.11 Å². The van der Waals surface area contributed by atoms with E-state index >= 15 is 0 Å². The van der Waals surface area contributed by atoms with E-state index in [0.717, 1.165) is 16.7 Å². The van der Waals surface area contributed by atoms with Crippen LogP contribution in [0, 0.1) is 13.8 Å². The summed E-state index contributed by atoms with van der Waals surface area (Å²) in [5.41, 5.74) is 3.27. The van der Waals surface area contributed by atoms with Gasteiger partial charge in [0.1, 0.15) is 9.88 Å². The second kappa shape index (κ2) is 5.54. The van der Waals surface area contributed by atoms with Crippen LogP contribution in [0.25, 0.3) is 10.6 Å². The molecule has 0 aliphatic rings. The van der Waals surface area contributed by atoms with Gasteiger partial charge in [0.25, 0.3) is 0 Å². The minimum Gasteiger partial charge on any atom is -0.464 e. The summed E-state index contributed by atoms with van der Waals surface area (Å²) >= 11 is 1.23. The fourth-order valence-electron chi connectivity index (χ4n) is 1.89. The number of Topliss-reactive ketones (excluding diaryl/α,β-unsaturated/α-hetero) is 1. The third kappa shape index (κ3) is 2.49. The molecule has 0 N–H and O–H groups in total. The first-order chi connectivity index (χ1) is 9.45. The highest BCUT2D eigenvalue weighted by Crippen LogP contribution is 2.32. The summed E-state index contributed by atoms with van der Waals surface area (Å²) in [6.45, 7) is 5.43. The van der Waals surface area contributed by atoms with Crippen molar-refractivity contribution in [2.45, 2.75) is 20.8 Å². The number of thiazole rings is 1. The number of aromatic nitrogens is 1. The van der Waals surface area contributed by atoms with Crippen LogP contribution in [-0.2, 0) is 4.74 Å². The van der Waals surface area contributed by atoms with Crippen LogP contribution >= 0.6 is 11.3 Å². The van der Waals surface area contributed by atoms with Crippen LogP contribution in [0.3, 0.4) is 0 Å². The first-order valence-electron chi connectivity index (χ1n) is 6.12. The number of ketones is 1. The third-order valence-electron chi connectivity index (χ3n) is 3.16. The van der Waals surface area contributed by atoms with Crippen LogP contribution < -0.4 is 0 Å². The molecule has 1 aromatic carbocycles. The molecule has 0 aliphatic heterocycles. The molecule has 0 aliphatic carbocycles. The number of benzene rings is 1. The Balaban J connectivity index is 2.62. The topological polar surface area (TPSA) is 56.3 Å². The van der Waals surface area contributed by atoms with Crippen molar-refractivity contribution >= 4 is 23.1 Å². The Labute approximate surface area is 121 Å². The Bertz CT molecular complexity index is 688. The average Bonchev–Trinajstić information content (AvgIpc) is 2.86. The van der Waals surface area contributed by atoms with Gasteiger partial charge < -0.3 is 4.74 Å². The zero-order valence-corrected chi connectivity index (χ0v) is 12.6. The second-order valence-electron chi connectivity index (χ2n) is 4.49. The smallest absolute Gasteiger partial charge is 0.358 e. The van der Waals surface area contributed by atoms with Crippen molar-refractivity contribution in [3.8, 4) is 10.6 Å². The van der Waals surface area contributed by atoms with E-state index in [1.165, 1.54) is 25.4 Å². The molecule has 4 nitrogen and oxygen atoms in total. The summed E-state index contributed by atoms with van der Waals surface area (Å²) in [5, 5.41) is 0.664. The largest absolute Gasteiger partial charge is 0.464 e. The van der Waals surface area contributed by atoms with E-state index in [0.29, 0.717) is 9.88 Å². The lowest BCUT2D eigenvalue weighted by molar-refractivity contribution is 0.0591. The maximum Gasteiger partial charge on any atom is 0.358 e. The van der Waals surface area contributed by atoms with E-state index in [1.54, 1.807) is 0 Å². The van der Waals surface area contributed by atoms with Crippen LogP contribution in [0.2, 0.25) is 0 Å². The molecule has 104 valence electrons. The number of ether oxygens (including phenoxy) is 1. The number of aryl methyl sites for hydroxylation is 1. The van der Waals surface area contributed by atoms with Gasteiger partial charge in [-0.2, -0.15) is 0 Å². The lowest BCUT2D eigenvalue weighted by Gasteiger charge is -2.04. The van der Waals surface area contributed by atoms with Gasteiger partial charge in [0, 0.05) is 12.5 Å². The summed E-state index contributed by atoms with van der Waals surface area (Å²) in [5.74, 6) is -0.762. The quantitative estimate of drug-likeness (QED) is 0.641. The molecule has 0 saturated carbocycles. The van der Waals surface area contributed by atoms with Crippen molar-refractivity contribution in [3.05, 3.63) is 39.9 Å². The van der Waals surface area contributed by atoms with E-state index in [-0.39, 0.29) is 11.5 Å². The molecule has 0 unspecified atom stereocenters. The molecule has 20 heavy (non-hydrogen) atoms. The van der Waals surface area contributed by atoms with E-state index in [9.17, 15) is 9.59 Å². The van der Waals surface area contributed by atoms with Gasteiger partial charge in [0.15, 0.2) is 11.5 Å². The minimum absolute atomic E-state index is 0.0981. The molecule has 0 saturated heterocycles. The molecule has 0 amide bonds. The average molecular weight is 289 g/mol. The lowest BCUT2D eigenvalue weighted by Crippen LogP contribution is -2.06. The number of carbonyl (C=O) groups excluding carboxylic acids is 2. The molecule has 5 heteroatoms. The Morgan fingerprint density at radius 1 is 1.25 bits per heavy atom. The second-order valence-corrected chi connectivity index (χ2v) is 5.49. The number of hydrogen-bond donors (Lipinski definition) is 0. The maximum absolute atomic E-state index is 11.7. The fraction of sp³-hybridized carbons (Fsp3) is 0.267. The van der Waals surface area contributed by atoms with Gasteiger partial charge in [-0.1, -0.05) is 18.2 Å². The van der Waals surface area contributed by atoms with E-state index in [2.05, 4.69) is 9.72 Å². The first-order valence-corrected chi connectivity index (χ1v) is 6.94. The number of hydrogen-bond acceptors (Lipinski definition) is 5. The Morgan fingerprint density at radius 2 is 1.95 bits per heavy atom. The zero-order chi connectivity index (χ0) is 14.9. The summed E-state index contributed by atoms with van der Waals surface area (Å²) < 4.78 is 4.68. The molecule has 0 radical (unpaired) electrons. The predicted molar refractivity (Wildman–Crippen MR) is 78.4 cm³/mol. The van der Waals surface area contributed by atoms with Crippen LogP contribution in [-0.4, -0.2) is 23.8 Å². The van der Waals surface area contributed by atoms with E-state index < -0.39 is 5.97 Å². The first kappa shape index (κ1) is 14.4. The number of methoxy groups -OCH3 is 1. The summed E-state index contributed by atoms with van der Waals surface area (Å²) in [4.78, 5) is 28.0. The molecule has 0 atom stereocenters. The van der Waals surface area contributed by atoms with Crippen molar-refractivity contribution in [3.63, 3.8) is 0 Å². The molecule has 0 bridgehead atoms. The van der Waals surface area contributed by atoms with Gasteiger partial charge >= 0.3 is 5.97 Å². The lowest BCUT2D eigenvalue weighted by atomic mass is 10.0. The third-order valence-corrected chi connectivity index (χ3v) is 4.35. The van der Waals surface area contributed by atoms with Crippen molar-refractivity contribution < 1.29 is 14.3 Å². The molecular formula is C15H15NO3S. The number of rotatable bonds is 3. The monoisotopic (exact) mass is 289 g/mol. The Kier molecular flexibility index (Phi) is 3.99. The number of nitrogens with zero attached hydrogens (tertiary/aromatic N) is 1. The highest BCUT2D eigenvalue weighted by Gasteiger charge is 2.23. The van der Waals surface area contributed by atoms with Crippen LogP contribution in [0.5, 0.6) is 0 Å². The van der Waals surface area contributed by atoms with E-state index in [4.69, 9.17) is 0 Å². The van der Waals surface area contributed by atoms with Crippen molar-refractivity contribution in [2.75, 3.05) is 7.11 Å². The number of esters is 1. The molecule has 0 fully saturated rings. The predicted octanol–water partition coefficient (Wildman–Crippen LogP) is 3.42. The van der Waals surface area contributed by atoms with Gasteiger partial charge in [-0.3, -0.25) is 4.79 Å². The Hall–Kier alpha value is -2.01. The van der Waals surface area contributed by atoms with Crippen LogP contribution in [0.1, 0.15) is 38.2 Å². The molecule has 0 spiro atoms. The van der Waals surface area contributed by atoms with Gasteiger partial charge in [-0.15, -0.1) is 11.3 Å². The Morgan fingerprint density at radius 3 is 2.55 bits per heavy atom. The highest BCUT2D eigenvalue weighted by molar-refractivity contribution is 7.17. The van der Waals surface area contributed by atoms with Crippen LogP contribution in [0.15, 0.2) is 18.2 Å². The fourth-order valence-corrected chi connectivity index (χ4v) is 2.92. The highest BCUT2D eigenvalue weighted by atomic mass is 32.1. The molecule has 1 heterocycles. The van der Waals surface area contributed by atoms with Crippen molar-refractivity contribution in [1.82, 2.24) is 4.98 Å². The van der Waals surface area contributed by atoms with Gasteiger partial charge in [-0.25, -0.2) is 9.78 Å². The van der Waals surface area contributed by atoms with E-state index in [1.807, 2.05) is 32.0 Å². The van der Waals surface area contributed by atoms with Crippen molar-refractivity contribution in [1.29, 1.82) is 0 Å². The SMILES string of the molecule is COC(=O)c1nc(-c2cccc(C)c2C)sc1C(C)=O. The normalized spacial score (nSPS) is 10.4. The standard InChI is InChI=1S/C15H15NO3S/c1-8-6-5-7-11(9(8)2)14-16-12(15(18)19-4)13(20-14)10(3)17/h5-7H,1-4H3. The molecular weight excluding hydrogens is 274 g/mol. The zero-order valence-electron chi connectivity index (χ0n) is 11.8. The van der Waals surface area contributed by atoms with Crippen LogP contribution in [0.4, 0.5) is 0 Å². The summed E-state index contributed by atoms with van der Waals surface area (Å²) in [6, 6.07) is 5.88. The van der Waals surface area contributed by atoms with Gasteiger partial charge in [-0.05, 0) is 25.0 Å². The molecule has 2 aromatic rings. The molecule has 2 rings (SSSR count). The summed E-state index contributed by atoms with van der Waals surface area (Å²) in [6.07, 6.45) is 0. The molecule has 1 aromatic heterocycles. The number of carbonyl (C=O) groups is 2. The maximum atomic E-state index is 11.7. The summed E-state index contributed by atoms with van der Waals surface area (Å²) in [7, 11) is 1.28. The minimum atomic E-state index is -0.581. The van der Waals surface area contributed by atoms with Gasteiger partial charge in [0.2, 0.25) is 0 Å².